The van der Waals surface area contributed by atoms with E-state index in [4.69, 9.17) is 21.1 Å². The Morgan fingerprint density at radius 2 is 1.86 bits per heavy atom. The van der Waals surface area contributed by atoms with Gasteiger partial charge in [0.05, 0.1) is 35.8 Å². The molecule has 0 fully saturated rings. The molecular weight excluding hydrogens is 295 g/mol. The number of halogens is 2. The van der Waals surface area contributed by atoms with Crippen LogP contribution in [0.1, 0.15) is 0 Å². The average Bonchev–Trinajstić information content (AvgIpc) is 2.87. The van der Waals surface area contributed by atoms with Gasteiger partial charge in [0.2, 0.25) is 0 Å². The van der Waals surface area contributed by atoms with Gasteiger partial charge in [-0.25, -0.2) is 9.37 Å². The molecule has 0 saturated carbocycles. The van der Waals surface area contributed by atoms with Gasteiger partial charge in [-0.1, -0.05) is 17.7 Å². The second-order valence-corrected chi connectivity index (χ2v) is 4.81. The Labute approximate surface area is 125 Å². The van der Waals surface area contributed by atoms with Crippen LogP contribution < -0.4 is 9.47 Å². The van der Waals surface area contributed by atoms with Crippen molar-refractivity contribution in [3.05, 3.63) is 41.2 Å². The van der Waals surface area contributed by atoms with Gasteiger partial charge in [0.1, 0.15) is 11.6 Å². The molecule has 0 aliphatic carbocycles. The van der Waals surface area contributed by atoms with E-state index in [1.807, 2.05) is 0 Å². The number of benzene rings is 2. The molecule has 0 radical (unpaired) electrons. The number of fused-ring (bicyclic) bond motifs is 1. The number of H-pyrrole nitrogens is 1. The maximum atomic E-state index is 14.0. The van der Waals surface area contributed by atoms with Gasteiger partial charge < -0.3 is 14.5 Å². The largest absolute Gasteiger partial charge is 0.493 e. The summed E-state index contributed by atoms with van der Waals surface area (Å²) in [6.07, 6.45) is 0. The van der Waals surface area contributed by atoms with E-state index in [-0.39, 0.29) is 5.56 Å². The van der Waals surface area contributed by atoms with Gasteiger partial charge in [0, 0.05) is 12.1 Å². The normalized spacial score (nSPS) is 10.9. The van der Waals surface area contributed by atoms with Crippen molar-refractivity contribution >= 4 is 22.6 Å². The van der Waals surface area contributed by atoms with Crippen molar-refractivity contribution in [2.45, 2.75) is 0 Å². The number of aromatic nitrogens is 2. The van der Waals surface area contributed by atoms with Crippen LogP contribution in [-0.4, -0.2) is 24.2 Å². The molecule has 1 aromatic heterocycles. The van der Waals surface area contributed by atoms with E-state index < -0.39 is 5.82 Å². The maximum absolute atomic E-state index is 14.0. The van der Waals surface area contributed by atoms with Crippen molar-refractivity contribution in [2.75, 3.05) is 14.2 Å². The van der Waals surface area contributed by atoms with Crippen molar-refractivity contribution in [3.63, 3.8) is 0 Å². The molecule has 3 aromatic rings. The van der Waals surface area contributed by atoms with E-state index in [0.29, 0.717) is 33.4 Å². The summed E-state index contributed by atoms with van der Waals surface area (Å²) in [7, 11) is 3.10. The molecule has 0 atom stereocenters. The SMILES string of the molecule is COc1cc2nc(-c3c(F)cccc3Cl)[nH]c2cc1OC. The van der Waals surface area contributed by atoms with Crippen LogP contribution >= 0.6 is 11.6 Å². The number of aromatic amines is 1. The molecule has 21 heavy (non-hydrogen) atoms. The summed E-state index contributed by atoms with van der Waals surface area (Å²) in [6.45, 7) is 0. The van der Waals surface area contributed by atoms with Crippen LogP contribution in [-0.2, 0) is 0 Å². The summed E-state index contributed by atoms with van der Waals surface area (Å²) in [5, 5.41) is 0.299. The van der Waals surface area contributed by atoms with E-state index >= 15 is 0 Å². The zero-order valence-electron chi connectivity index (χ0n) is 11.4. The minimum atomic E-state index is -0.430. The first-order valence-corrected chi connectivity index (χ1v) is 6.58. The lowest BCUT2D eigenvalue weighted by Crippen LogP contribution is -1.89. The Morgan fingerprint density at radius 1 is 1.14 bits per heavy atom. The van der Waals surface area contributed by atoms with Crippen LogP contribution in [0.15, 0.2) is 30.3 Å². The molecule has 2 aromatic carbocycles. The van der Waals surface area contributed by atoms with Gasteiger partial charge in [0.15, 0.2) is 11.5 Å². The van der Waals surface area contributed by atoms with Gasteiger partial charge in [-0.05, 0) is 12.1 Å². The summed E-state index contributed by atoms with van der Waals surface area (Å²) in [6, 6.07) is 7.99. The standard InChI is InChI=1S/C15H12ClFN2O2/c1-20-12-6-10-11(7-13(12)21-2)19-15(18-10)14-8(16)4-3-5-9(14)17/h3-7H,1-2H3,(H,18,19). The molecular formula is C15H12ClFN2O2. The monoisotopic (exact) mass is 306 g/mol. The average molecular weight is 307 g/mol. The Morgan fingerprint density at radius 3 is 2.52 bits per heavy atom. The lowest BCUT2D eigenvalue weighted by Gasteiger charge is -2.06. The Balaban J connectivity index is 2.22. The fourth-order valence-electron chi connectivity index (χ4n) is 2.18. The van der Waals surface area contributed by atoms with Gasteiger partial charge in [-0.3, -0.25) is 0 Å². The number of methoxy groups -OCH3 is 2. The van der Waals surface area contributed by atoms with Gasteiger partial charge in [-0.2, -0.15) is 0 Å². The first-order valence-electron chi connectivity index (χ1n) is 6.20. The minimum absolute atomic E-state index is 0.244. The van der Waals surface area contributed by atoms with Crippen molar-refractivity contribution < 1.29 is 13.9 Å². The predicted octanol–water partition coefficient (Wildman–Crippen LogP) is 4.04. The van der Waals surface area contributed by atoms with Gasteiger partial charge in [0.25, 0.3) is 0 Å². The molecule has 1 heterocycles. The Hall–Kier alpha value is -2.27. The number of hydrogen-bond donors (Lipinski definition) is 1. The van der Waals surface area contributed by atoms with E-state index in [1.54, 1.807) is 38.5 Å². The summed E-state index contributed by atoms with van der Waals surface area (Å²) in [5.74, 6) is 1.06. The van der Waals surface area contributed by atoms with Crippen molar-refractivity contribution in [3.8, 4) is 22.9 Å². The lowest BCUT2D eigenvalue weighted by molar-refractivity contribution is 0.356. The molecule has 6 heteroatoms. The van der Waals surface area contributed by atoms with Crippen LogP contribution in [0.25, 0.3) is 22.4 Å². The van der Waals surface area contributed by atoms with Crippen LogP contribution in [0, 0.1) is 5.82 Å². The number of hydrogen-bond acceptors (Lipinski definition) is 3. The maximum Gasteiger partial charge on any atom is 0.163 e. The molecule has 0 spiro atoms. The van der Waals surface area contributed by atoms with E-state index in [9.17, 15) is 4.39 Å². The third-order valence-electron chi connectivity index (χ3n) is 3.19. The van der Waals surface area contributed by atoms with Crippen LogP contribution in [0.5, 0.6) is 11.5 Å². The number of rotatable bonds is 3. The summed E-state index contributed by atoms with van der Waals surface area (Å²) < 4.78 is 24.4. The molecule has 1 N–H and O–H groups in total. The third kappa shape index (κ3) is 2.29. The van der Waals surface area contributed by atoms with Gasteiger partial charge in [-0.15, -0.1) is 0 Å². The number of nitrogens with one attached hydrogen (secondary N) is 1. The minimum Gasteiger partial charge on any atom is -0.493 e. The Bertz CT molecular complexity index is 756. The number of imidazole rings is 1. The summed E-state index contributed by atoms with van der Waals surface area (Å²) in [5.41, 5.74) is 1.59. The Kier molecular flexibility index (Phi) is 3.43. The molecule has 0 saturated heterocycles. The number of nitrogens with zero attached hydrogens (tertiary/aromatic N) is 1. The van der Waals surface area contributed by atoms with E-state index in [1.165, 1.54) is 6.07 Å². The first kappa shape index (κ1) is 13.7. The quantitative estimate of drug-likeness (QED) is 0.794. The lowest BCUT2D eigenvalue weighted by atomic mass is 10.2. The van der Waals surface area contributed by atoms with Crippen LogP contribution in [0.2, 0.25) is 5.02 Å². The molecule has 3 rings (SSSR count). The smallest absolute Gasteiger partial charge is 0.163 e. The molecule has 0 unspecified atom stereocenters. The van der Waals surface area contributed by atoms with Crippen LogP contribution in [0.3, 0.4) is 0 Å². The fourth-order valence-corrected chi connectivity index (χ4v) is 2.43. The zero-order chi connectivity index (χ0) is 15.0. The highest BCUT2D eigenvalue weighted by Gasteiger charge is 2.15. The van der Waals surface area contributed by atoms with Crippen LogP contribution in [0.4, 0.5) is 4.39 Å². The molecule has 108 valence electrons. The molecule has 0 bridgehead atoms. The molecule has 4 nitrogen and oxygen atoms in total. The highest BCUT2D eigenvalue weighted by atomic mass is 35.5. The molecule has 0 aliphatic heterocycles. The van der Waals surface area contributed by atoms with Crippen molar-refractivity contribution in [1.29, 1.82) is 0 Å². The first-order chi connectivity index (χ1) is 10.1. The van der Waals surface area contributed by atoms with E-state index in [0.717, 1.165) is 0 Å². The van der Waals surface area contributed by atoms with E-state index in [2.05, 4.69) is 9.97 Å². The second kappa shape index (κ2) is 5.26. The second-order valence-electron chi connectivity index (χ2n) is 4.41. The van der Waals surface area contributed by atoms with Gasteiger partial charge >= 0.3 is 0 Å². The zero-order valence-corrected chi connectivity index (χ0v) is 12.2. The molecule has 0 aliphatic rings. The third-order valence-corrected chi connectivity index (χ3v) is 3.50. The highest BCUT2D eigenvalue weighted by molar-refractivity contribution is 6.33. The van der Waals surface area contributed by atoms with Crippen molar-refractivity contribution in [1.82, 2.24) is 9.97 Å². The topological polar surface area (TPSA) is 47.1 Å². The summed E-state index contributed by atoms with van der Waals surface area (Å²) >= 11 is 6.06. The summed E-state index contributed by atoms with van der Waals surface area (Å²) in [4.78, 5) is 7.42. The number of ether oxygens (including phenoxy) is 2. The highest BCUT2D eigenvalue weighted by Crippen LogP contribution is 2.34. The fraction of sp³-hybridized carbons (Fsp3) is 0.133. The molecule has 0 amide bonds. The predicted molar refractivity (Wildman–Crippen MR) is 79.6 cm³/mol. The van der Waals surface area contributed by atoms with Crippen molar-refractivity contribution in [2.24, 2.45) is 0 Å².